The standard InChI is InChI=1S/C17H17NO3/c1-10-4-6-13(8-12(10)3)16(19)18-14-7-5-11(2)15(9-14)17(20)21/h4-9H,1-3H3,(H,18,19)(H,20,21). The number of hydrogen-bond donors (Lipinski definition) is 2. The van der Waals surface area contributed by atoms with Gasteiger partial charge in [0.1, 0.15) is 0 Å². The summed E-state index contributed by atoms with van der Waals surface area (Å²) in [5, 5.41) is 11.8. The first-order valence-electron chi connectivity index (χ1n) is 6.61. The molecule has 0 aliphatic rings. The zero-order chi connectivity index (χ0) is 15.6. The van der Waals surface area contributed by atoms with Crippen molar-refractivity contribution < 1.29 is 14.7 Å². The second kappa shape index (κ2) is 5.79. The monoisotopic (exact) mass is 283 g/mol. The first-order valence-corrected chi connectivity index (χ1v) is 6.61. The number of amides is 1. The SMILES string of the molecule is Cc1ccc(C(=O)Nc2ccc(C)c(C(=O)O)c2)cc1C. The van der Waals surface area contributed by atoms with Crippen LogP contribution in [0.2, 0.25) is 0 Å². The molecule has 0 aliphatic heterocycles. The van der Waals surface area contributed by atoms with Crippen LogP contribution < -0.4 is 5.32 Å². The number of carbonyl (C=O) groups excluding carboxylic acids is 1. The lowest BCUT2D eigenvalue weighted by Crippen LogP contribution is -2.13. The Kier molecular flexibility index (Phi) is 4.08. The number of rotatable bonds is 3. The largest absolute Gasteiger partial charge is 0.478 e. The number of benzene rings is 2. The fourth-order valence-electron chi connectivity index (χ4n) is 2.02. The van der Waals surface area contributed by atoms with E-state index in [0.717, 1.165) is 11.1 Å². The molecule has 4 heteroatoms. The molecule has 0 aliphatic carbocycles. The third-order valence-corrected chi connectivity index (χ3v) is 3.49. The minimum absolute atomic E-state index is 0.188. The van der Waals surface area contributed by atoms with Gasteiger partial charge in [-0.25, -0.2) is 4.79 Å². The number of nitrogens with one attached hydrogen (secondary N) is 1. The van der Waals surface area contributed by atoms with E-state index in [4.69, 9.17) is 5.11 Å². The second-order valence-electron chi connectivity index (χ2n) is 5.09. The van der Waals surface area contributed by atoms with E-state index in [1.807, 2.05) is 26.0 Å². The molecule has 0 saturated carbocycles. The van der Waals surface area contributed by atoms with Crippen molar-refractivity contribution in [2.75, 3.05) is 5.32 Å². The van der Waals surface area contributed by atoms with Crippen LogP contribution in [0, 0.1) is 20.8 Å². The lowest BCUT2D eigenvalue weighted by Gasteiger charge is -2.09. The normalized spacial score (nSPS) is 10.2. The highest BCUT2D eigenvalue weighted by Gasteiger charge is 2.11. The third-order valence-electron chi connectivity index (χ3n) is 3.49. The number of carboxylic acids is 1. The average molecular weight is 283 g/mol. The topological polar surface area (TPSA) is 66.4 Å². The molecule has 2 aromatic carbocycles. The summed E-state index contributed by atoms with van der Waals surface area (Å²) in [6.45, 7) is 5.65. The van der Waals surface area contributed by atoms with Crippen LogP contribution in [0.4, 0.5) is 5.69 Å². The Morgan fingerprint density at radius 1 is 0.905 bits per heavy atom. The number of anilines is 1. The Bertz CT molecular complexity index is 720. The molecule has 2 rings (SSSR count). The summed E-state index contributed by atoms with van der Waals surface area (Å²) in [6, 6.07) is 10.3. The summed E-state index contributed by atoms with van der Waals surface area (Å²) in [4.78, 5) is 23.3. The Morgan fingerprint density at radius 3 is 2.19 bits per heavy atom. The van der Waals surface area contributed by atoms with Gasteiger partial charge in [-0.2, -0.15) is 0 Å². The van der Waals surface area contributed by atoms with Gasteiger partial charge in [0.05, 0.1) is 5.56 Å². The van der Waals surface area contributed by atoms with Crippen LogP contribution in [-0.2, 0) is 0 Å². The molecule has 1 amide bonds. The van der Waals surface area contributed by atoms with Crippen LogP contribution in [-0.4, -0.2) is 17.0 Å². The summed E-state index contributed by atoms with van der Waals surface area (Å²) in [7, 11) is 0. The molecular formula is C17H17NO3. The first kappa shape index (κ1) is 14.8. The number of carboxylic acid groups (broad SMARTS) is 1. The van der Waals surface area contributed by atoms with Gasteiger partial charge in [0.15, 0.2) is 0 Å². The van der Waals surface area contributed by atoms with Crippen LogP contribution in [0.25, 0.3) is 0 Å². The van der Waals surface area contributed by atoms with E-state index < -0.39 is 5.97 Å². The molecule has 0 atom stereocenters. The van der Waals surface area contributed by atoms with Gasteiger partial charge in [0, 0.05) is 11.3 Å². The average Bonchev–Trinajstić information content (AvgIpc) is 2.43. The van der Waals surface area contributed by atoms with Crippen molar-refractivity contribution in [3.05, 3.63) is 64.2 Å². The summed E-state index contributed by atoms with van der Waals surface area (Å²) < 4.78 is 0. The van der Waals surface area contributed by atoms with Gasteiger partial charge in [-0.1, -0.05) is 12.1 Å². The van der Waals surface area contributed by atoms with Crippen LogP contribution in [0.3, 0.4) is 0 Å². The van der Waals surface area contributed by atoms with Crippen molar-refractivity contribution in [3.63, 3.8) is 0 Å². The molecule has 0 saturated heterocycles. The lowest BCUT2D eigenvalue weighted by atomic mass is 10.1. The van der Waals surface area contributed by atoms with Crippen molar-refractivity contribution in [3.8, 4) is 0 Å². The summed E-state index contributed by atoms with van der Waals surface area (Å²) in [5.41, 5.74) is 4.03. The van der Waals surface area contributed by atoms with Gasteiger partial charge in [0.2, 0.25) is 0 Å². The molecule has 2 aromatic rings. The first-order chi connectivity index (χ1) is 9.88. The molecule has 0 bridgehead atoms. The van der Waals surface area contributed by atoms with Gasteiger partial charge in [0.25, 0.3) is 5.91 Å². The number of aromatic carboxylic acids is 1. The van der Waals surface area contributed by atoms with E-state index in [1.165, 1.54) is 6.07 Å². The van der Waals surface area contributed by atoms with E-state index in [9.17, 15) is 9.59 Å². The number of aryl methyl sites for hydroxylation is 3. The maximum Gasteiger partial charge on any atom is 0.336 e. The van der Waals surface area contributed by atoms with Crippen molar-refractivity contribution in [2.45, 2.75) is 20.8 Å². The zero-order valence-electron chi connectivity index (χ0n) is 12.2. The van der Waals surface area contributed by atoms with E-state index in [1.54, 1.807) is 25.1 Å². The van der Waals surface area contributed by atoms with E-state index in [0.29, 0.717) is 16.8 Å². The second-order valence-corrected chi connectivity index (χ2v) is 5.09. The molecule has 21 heavy (non-hydrogen) atoms. The van der Waals surface area contributed by atoms with Gasteiger partial charge < -0.3 is 10.4 Å². The lowest BCUT2D eigenvalue weighted by molar-refractivity contribution is 0.0695. The van der Waals surface area contributed by atoms with Gasteiger partial charge in [-0.15, -0.1) is 0 Å². The smallest absolute Gasteiger partial charge is 0.336 e. The van der Waals surface area contributed by atoms with Crippen LogP contribution >= 0.6 is 0 Å². The maximum atomic E-state index is 12.2. The van der Waals surface area contributed by atoms with Crippen LogP contribution in [0.5, 0.6) is 0 Å². The molecular weight excluding hydrogens is 266 g/mol. The van der Waals surface area contributed by atoms with Crippen molar-refractivity contribution in [2.24, 2.45) is 0 Å². The maximum absolute atomic E-state index is 12.2. The summed E-state index contributed by atoms with van der Waals surface area (Å²) >= 11 is 0. The van der Waals surface area contributed by atoms with Crippen LogP contribution in [0.1, 0.15) is 37.4 Å². The van der Waals surface area contributed by atoms with Gasteiger partial charge in [-0.3, -0.25) is 4.79 Å². The molecule has 2 N–H and O–H groups in total. The highest BCUT2D eigenvalue weighted by Crippen LogP contribution is 2.17. The van der Waals surface area contributed by atoms with Crippen LogP contribution in [0.15, 0.2) is 36.4 Å². The highest BCUT2D eigenvalue weighted by atomic mass is 16.4. The Balaban J connectivity index is 2.25. The Morgan fingerprint density at radius 2 is 1.57 bits per heavy atom. The number of carbonyl (C=O) groups is 2. The van der Waals surface area contributed by atoms with Gasteiger partial charge in [-0.05, 0) is 61.7 Å². The highest BCUT2D eigenvalue weighted by molar-refractivity contribution is 6.05. The molecule has 0 radical (unpaired) electrons. The van der Waals surface area contributed by atoms with Gasteiger partial charge >= 0.3 is 5.97 Å². The zero-order valence-corrected chi connectivity index (χ0v) is 12.2. The van der Waals surface area contributed by atoms with E-state index >= 15 is 0 Å². The van der Waals surface area contributed by atoms with Crippen molar-refractivity contribution in [1.29, 1.82) is 0 Å². The fourth-order valence-corrected chi connectivity index (χ4v) is 2.02. The molecule has 0 unspecified atom stereocenters. The van der Waals surface area contributed by atoms with E-state index in [2.05, 4.69) is 5.32 Å². The number of hydrogen-bond acceptors (Lipinski definition) is 2. The quantitative estimate of drug-likeness (QED) is 0.905. The predicted molar refractivity (Wildman–Crippen MR) is 82.0 cm³/mol. The van der Waals surface area contributed by atoms with Crippen molar-refractivity contribution >= 4 is 17.6 Å². The Hall–Kier alpha value is -2.62. The Labute approximate surface area is 123 Å². The molecule has 0 spiro atoms. The molecule has 0 aromatic heterocycles. The third kappa shape index (κ3) is 3.28. The van der Waals surface area contributed by atoms with Crippen molar-refractivity contribution in [1.82, 2.24) is 0 Å². The minimum Gasteiger partial charge on any atom is -0.478 e. The van der Waals surface area contributed by atoms with E-state index in [-0.39, 0.29) is 11.5 Å². The molecule has 0 fully saturated rings. The summed E-state index contributed by atoms with van der Waals surface area (Å²) in [6.07, 6.45) is 0. The fraction of sp³-hybridized carbons (Fsp3) is 0.176. The molecule has 4 nitrogen and oxygen atoms in total. The molecule has 108 valence electrons. The predicted octanol–water partition coefficient (Wildman–Crippen LogP) is 3.56. The minimum atomic E-state index is -1.00. The molecule has 0 heterocycles. The summed E-state index contributed by atoms with van der Waals surface area (Å²) in [5.74, 6) is -1.26.